The summed E-state index contributed by atoms with van der Waals surface area (Å²) in [7, 11) is 0. The summed E-state index contributed by atoms with van der Waals surface area (Å²) in [4.78, 5) is 15.5. The number of hydrogen-bond donors (Lipinski definition) is 0. The molecule has 0 aliphatic rings. The molecule has 0 spiro atoms. The fraction of sp³-hybridized carbons (Fsp3) is 0.0833. The molecule has 0 saturated carbocycles. The van der Waals surface area contributed by atoms with Crippen LogP contribution < -0.4 is 5.43 Å². The second kappa shape index (κ2) is 3.96. The predicted octanol–water partition coefficient (Wildman–Crippen LogP) is 1.84. The summed E-state index contributed by atoms with van der Waals surface area (Å²) in [6.45, 7) is 1.89. The summed E-state index contributed by atoms with van der Waals surface area (Å²) in [5.74, 6) is 0. The van der Waals surface area contributed by atoms with E-state index in [1.165, 1.54) is 12.1 Å². The molecule has 0 saturated heterocycles. The average Bonchev–Trinajstić information content (AvgIpc) is 2.69. The van der Waals surface area contributed by atoms with Crippen LogP contribution in [-0.2, 0) is 0 Å². The van der Waals surface area contributed by atoms with E-state index >= 15 is 0 Å². The van der Waals surface area contributed by atoms with Crippen LogP contribution in [0.4, 0.5) is 0 Å². The standard InChI is InChI=1S/C12H9ClN4O/c1-8-7-17-12(14-8)10(6-11(13)15-17)16-4-2-9(18)3-5-16/h2-7H,1H3. The van der Waals surface area contributed by atoms with Gasteiger partial charge in [-0.2, -0.15) is 5.10 Å². The number of imidazole rings is 1. The number of aryl methyl sites for hydroxylation is 1. The lowest BCUT2D eigenvalue weighted by molar-refractivity contribution is 0.911. The van der Waals surface area contributed by atoms with E-state index in [2.05, 4.69) is 10.1 Å². The monoisotopic (exact) mass is 260 g/mol. The van der Waals surface area contributed by atoms with Crippen molar-refractivity contribution in [2.75, 3.05) is 0 Å². The summed E-state index contributed by atoms with van der Waals surface area (Å²) in [6.07, 6.45) is 5.16. The first-order valence-corrected chi connectivity index (χ1v) is 5.72. The molecule has 0 amide bonds. The van der Waals surface area contributed by atoms with Gasteiger partial charge in [-0.3, -0.25) is 4.79 Å². The van der Waals surface area contributed by atoms with Crippen molar-refractivity contribution >= 4 is 17.2 Å². The van der Waals surface area contributed by atoms with E-state index in [0.717, 1.165) is 11.4 Å². The van der Waals surface area contributed by atoms with Gasteiger partial charge in [0.25, 0.3) is 0 Å². The van der Waals surface area contributed by atoms with Gasteiger partial charge in [-0.05, 0) is 6.92 Å². The van der Waals surface area contributed by atoms with Gasteiger partial charge in [0.15, 0.2) is 16.2 Å². The van der Waals surface area contributed by atoms with Gasteiger partial charge < -0.3 is 4.57 Å². The largest absolute Gasteiger partial charge is 0.320 e. The minimum atomic E-state index is -0.0399. The minimum Gasteiger partial charge on any atom is -0.320 e. The zero-order chi connectivity index (χ0) is 12.7. The van der Waals surface area contributed by atoms with Crippen molar-refractivity contribution in [2.45, 2.75) is 6.92 Å². The van der Waals surface area contributed by atoms with Crippen LogP contribution in [0.2, 0.25) is 5.15 Å². The van der Waals surface area contributed by atoms with Crippen LogP contribution in [0.3, 0.4) is 0 Å². The molecular formula is C12H9ClN4O. The Bertz CT molecular complexity index is 770. The molecule has 0 aliphatic heterocycles. The summed E-state index contributed by atoms with van der Waals surface area (Å²) in [6, 6.07) is 4.69. The van der Waals surface area contributed by atoms with E-state index in [9.17, 15) is 4.79 Å². The molecule has 0 bridgehead atoms. The predicted molar refractivity (Wildman–Crippen MR) is 68.3 cm³/mol. The maximum Gasteiger partial charge on any atom is 0.181 e. The van der Waals surface area contributed by atoms with Crippen molar-refractivity contribution in [3.8, 4) is 5.69 Å². The summed E-state index contributed by atoms with van der Waals surface area (Å²) >= 11 is 5.98. The Balaban J connectivity index is 2.33. The first-order chi connectivity index (χ1) is 8.63. The topological polar surface area (TPSA) is 52.2 Å². The van der Waals surface area contributed by atoms with Gasteiger partial charge in [0.05, 0.1) is 17.6 Å². The number of nitrogens with zero attached hydrogens (tertiary/aromatic N) is 4. The van der Waals surface area contributed by atoms with E-state index in [1.807, 2.05) is 6.92 Å². The number of rotatable bonds is 1. The second-order valence-corrected chi connectivity index (χ2v) is 4.33. The Morgan fingerprint density at radius 3 is 2.72 bits per heavy atom. The third-order valence-electron chi connectivity index (χ3n) is 2.57. The first kappa shape index (κ1) is 11.0. The molecule has 3 heterocycles. The van der Waals surface area contributed by atoms with Gasteiger partial charge in [-0.1, -0.05) is 11.6 Å². The summed E-state index contributed by atoms with van der Waals surface area (Å²) < 4.78 is 3.42. The Morgan fingerprint density at radius 2 is 2.00 bits per heavy atom. The molecule has 90 valence electrons. The quantitative estimate of drug-likeness (QED) is 0.671. The third-order valence-corrected chi connectivity index (χ3v) is 2.76. The molecule has 0 atom stereocenters. The maximum atomic E-state index is 11.1. The lowest BCUT2D eigenvalue weighted by atomic mass is 10.4. The summed E-state index contributed by atoms with van der Waals surface area (Å²) in [5, 5.41) is 4.51. The van der Waals surface area contributed by atoms with Gasteiger partial charge >= 0.3 is 0 Å². The highest BCUT2D eigenvalue weighted by Crippen LogP contribution is 2.18. The second-order valence-electron chi connectivity index (χ2n) is 3.94. The highest BCUT2D eigenvalue weighted by molar-refractivity contribution is 6.29. The molecule has 18 heavy (non-hydrogen) atoms. The van der Waals surface area contributed by atoms with Gasteiger partial charge in [0.1, 0.15) is 0 Å². The van der Waals surface area contributed by atoms with Crippen molar-refractivity contribution in [1.29, 1.82) is 0 Å². The zero-order valence-electron chi connectivity index (χ0n) is 9.54. The van der Waals surface area contributed by atoms with Gasteiger partial charge in [-0.25, -0.2) is 9.50 Å². The Labute approximate surface area is 107 Å². The van der Waals surface area contributed by atoms with Gasteiger partial charge in [0, 0.05) is 30.6 Å². The number of aromatic nitrogens is 4. The Morgan fingerprint density at radius 1 is 1.28 bits per heavy atom. The number of hydrogen-bond acceptors (Lipinski definition) is 3. The van der Waals surface area contributed by atoms with E-state index in [4.69, 9.17) is 11.6 Å². The third kappa shape index (κ3) is 1.78. The van der Waals surface area contributed by atoms with Crippen molar-refractivity contribution in [3.05, 3.63) is 57.9 Å². The van der Waals surface area contributed by atoms with Crippen molar-refractivity contribution < 1.29 is 0 Å². The van der Waals surface area contributed by atoms with E-state index in [0.29, 0.717) is 10.8 Å². The molecule has 5 nitrogen and oxygen atoms in total. The van der Waals surface area contributed by atoms with Crippen LogP contribution in [0.25, 0.3) is 11.3 Å². The fourth-order valence-electron chi connectivity index (χ4n) is 1.81. The molecule has 0 N–H and O–H groups in total. The van der Waals surface area contributed by atoms with E-state index in [1.54, 1.807) is 33.7 Å². The van der Waals surface area contributed by atoms with E-state index in [-0.39, 0.29) is 5.43 Å². The lowest BCUT2D eigenvalue weighted by Crippen LogP contribution is -2.04. The highest BCUT2D eigenvalue weighted by atomic mass is 35.5. The SMILES string of the molecule is Cc1cn2nc(Cl)cc(-n3ccc(=O)cc3)c2n1. The fourth-order valence-corrected chi connectivity index (χ4v) is 1.99. The van der Waals surface area contributed by atoms with Crippen molar-refractivity contribution in [3.63, 3.8) is 0 Å². The molecule has 3 rings (SSSR count). The molecule has 0 fully saturated rings. The smallest absolute Gasteiger partial charge is 0.181 e. The molecule has 0 aromatic carbocycles. The number of halogens is 1. The average molecular weight is 261 g/mol. The highest BCUT2D eigenvalue weighted by Gasteiger charge is 2.08. The van der Waals surface area contributed by atoms with Crippen LogP contribution in [0.1, 0.15) is 5.69 Å². The Kier molecular flexibility index (Phi) is 2.41. The maximum absolute atomic E-state index is 11.1. The summed E-state index contributed by atoms with van der Waals surface area (Å²) in [5.41, 5.74) is 2.29. The number of pyridine rings is 1. The van der Waals surface area contributed by atoms with Crippen LogP contribution in [0.5, 0.6) is 0 Å². The molecule has 3 aromatic rings. The van der Waals surface area contributed by atoms with E-state index < -0.39 is 0 Å². The van der Waals surface area contributed by atoms with Gasteiger partial charge in [-0.15, -0.1) is 0 Å². The molecule has 6 heteroatoms. The minimum absolute atomic E-state index is 0.0399. The Hall–Kier alpha value is -2.14. The molecule has 0 unspecified atom stereocenters. The van der Waals surface area contributed by atoms with Crippen LogP contribution in [0.15, 0.2) is 41.6 Å². The van der Waals surface area contributed by atoms with Crippen molar-refractivity contribution in [2.24, 2.45) is 0 Å². The zero-order valence-corrected chi connectivity index (χ0v) is 10.3. The van der Waals surface area contributed by atoms with Crippen LogP contribution >= 0.6 is 11.6 Å². The molecule has 3 aromatic heterocycles. The number of fused-ring (bicyclic) bond motifs is 1. The normalized spacial score (nSPS) is 11.0. The van der Waals surface area contributed by atoms with Gasteiger partial charge in [0.2, 0.25) is 0 Å². The molecule has 0 aliphatic carbocycles. The van der Waals surface area contributed by atoms with Crippen molar-refractivity contribution in [1.82, 2.24) is 19.2 Å². The van der Waals surface area contributed by atoms with Crippen LogP contribution in [-0.4, -0.2) is 19.2 Å². The first-order valence-electron chi connectivity index (χ1n) is 5.35. The van der Waals surface area contributed by atoms with Crippen LogP contribution in [0, 0.1) is 6.92 Å². The molecular weight excluding hydrogens is 252 g/mol. The lowest BCUT2D eigenvalue weighted by Gasteiger charge is -2.07. The molecule has 0 radical (unpaired) electrons.